The number of Topliss-reactive ketones (excluding diaryl/α,β-unsaturated/α-hetero) is 1. The Morgan fingerprint density at radius 1 is 1.57 bits per heavy atom. The molecule has 2 aromatic heterocycles. The van der Waals surface area contributed by atoms with Crippen LogP contribution in [0.5, 0.6) is 0 Å². The second kappa shape index (κ2) is 3.06. The van der Waals surface area contributed by atoms with Crippen molar-refractivity contribution in [3.8, 4) is 0 Å². The summed E-state index contributed by atoms with van der Waals surface area (Å²) in [5.41, 5.74) is 0.922. The summed E-state index contributed by atoms with van der Waals surface area (Å²) >= 11 is 0. The first kappa shape index (κ1) is 8.62. The first-order valence-electron chi connectivity index (χ1n) is 4.16. The van der Waals surface area contributed by atoms with Crippen LogP contribution in [0.4, 0.5) is 0 Å². The number of hydrogen-bond acceptors (Lipinski definition) is 3. The molecule has 4 heteroatoms. The van der Waals surface area contributed by atoms with Gasteiger partial charge in [-0.2, -0.15) is 4.73 Å². The summed E-state index contributed by atoms with van der Waals surface area (Å²) in [6, 6.07) is 3.28. The second-order valence-corrected chi connectivity index (χ2v) is 3.05. The van der Waals surface area contributed by atoms with Gasteiger partial charge in [0.1, 0.15) is 0 Å². The average molecular weight is 188 g/mol. The van der Waals surface area contributed by atoms with E-state index in [2.05, 4.69) is 4.98 Å². The predicted molar refractivity (Wildman–Crippen MR) is 50.7 cm³/mol. The zero-order valence-corrected chi connectivity index (χ0v) is 7.60. The molecule has 2 heterocycles. The number of carbonyl (C=O) groups excluding carboxylic acids is 1. The van der Waals surface area contributed by atoms with Gasteiger partial charge in [-0.15, -0.1) is 0 Å². The third-order valence-electron chi connectivity index (χ3n) is 2.04. The number of carbonyl (C=O) groups is 1. The second-order valence-electron chi connectivity index (χ2n) is 3.05. The fourth-order valence-electron chi connectivity index (χ4n) is 1.30. The average Bonchev–Trinajstić information content (AvgIpc) is 2.17. The molecule has 14 heavy (non-hydrogen) atoms. The molecule has 4 nitrogen and oxygen atoms in total. The van der Waals surface area contributed by atoms with Crippen molar-refractivity contribution in [2.24, 2.45) is 0 Å². The van der Waals surface area contributed by atoms with Crippen LogP contribution in [0.3, 0.4) is 0 Å². The van der Waals surface area contributed by atoms with Crippen LogP contribution in [0.15, 0.2) is 30.7 Å². The normalized spacial score (nSPS) is 10.4. The van der Waals surface area contributed by atoms with E-state index in [0.29, 0.717) is 21.2 Å². The molecule has 0 amide bonds. The van der Waals surface area contributed by atoms with E-state index in [9.17, 15) is 10.0 Å². The van der Waals surface area contributed by atoms with Gasteiger partial charge in [0.25, 0.3) is 0 Å². The Bertz CT molecular complexity index is 508. The van der Waals surface area contributed by atoms with Crippen molar-refractivity contribution >= 4 is 16.7 Å². The smallest absolute Gasteiger partial charge is 0.226 e. The van der Waals surface area contributed by atoms with Gasteiger partial charge >= 0.3 is 0 Å². The quantitative estimate of drug-likeness (QED) is 0.382. The van der Waals surface area contributed by atoms with Crippen molar-refractivity contribution in [1.29, 1.82) is 0 Å². The van der Waals surface area contributed by atoms with Gasteiger partial charge in [-0.25, -0.2) is 0 Å². The Morgan fingerprint density at radius 3 is 3.07 bits per heavy atom. The van der Waals surface area contributed by atoms with Crippen LogP contribution in [0.1, 0.15) is 17.3 Å². The van der Waals surface area contributed by atoms with Gasteiger partial charge in [-0.05, 0) is 13.0 Å². The number of pyridine rings is 2. The highest BCUT2D eigenvalue weighted by Gasteiger charge is 2.08. The van der Waals surface area contributed by atoms with E-state index in [0.717, 1.165) is 0 Å². The van der Waals surface area contributed by atoms with Crippen molar-refractivity contribution in [1.82, 2.24) is 4.98 Å². The van der Waals surface area contributed by atoms with Crippen molar-refractivity contribution in [2.75, 3.05) is 0 Å². The van der Waals surface area contributed by atoms with Gasteiger partial charge in [0.05, 0.1) is 10.9 Å². The molecule has 0 N–H and O–H groups in total. The molecule has 0 unspecified atom stereocenters. The summed E-state index contributed by atoms with van der Waals surface area (Å²) in [5.74, 6) is -0.125. The lowest BCUT2D eigenvalue weighted by molar-refractivity contribution is -0.577. The minimum atomic E-state index is -0.125. The Balaban J connectivity index is 2.78. The number of hydrogen-bond donors (Lipinski definition) is 0. The molecule has 0 aromatic carbocycles. The standard InChI is InChI=1S/C10H8N2O2/c1-7(13)9-4-8-5-11-3-2-10(8)12(14)6-9/h2-6H,1H3. The third kappa shape index (κ3) is 1.31. The van der Waals surface area contributed by atoms with Crippen LogP contribution in [0.2, 0.25) is 0 Å². The van der Waals surface area contributed by atoms with Crippen LogP contribution in [0, 0.1) is 5.21 Å². The van der Waals surface area contributed by atoms with E-state index in [-0.39, 0.29) is 5.78 Å². The van der Waals surface area contributed by atoms with Gasteiger partial charge in [0.2, 0.25) is 5.52 Å². The van der Waals surface area contributed by atoms with Crippen LogP contribution in [-0.4, -0.2) is 10.8 Å². The lowest BCUT2D eigenvalue weighted by atomic mass is 10.1. The number of ketones is 1. The van der Waals surface area contributed by atoms with Crippen molar-refractivity contribution in [3.05, 3.63) is 41.5 Å². The van der Waals surface area contributed by atoms with E-state index in [1.807, 2.05) is 0 Å². The highest BCUT2D eigenvalue weighted by molar-refractivity contribution is 5.96. The lowest BCUT2D eigenvalue weighted by Crippen LogP contribution is -2.27. The molecule has 0 fully saturated rings. The van der Waals surface area contributed by atoms with Gasteiger partial charge in [-0.1, -0.05) is 0 Å². The largest absolute Gasteiger partial charge is 0.618 e. The van der Waals surface area contributed by atoms with Crippen molar-refractivity contribution in [3.63, 3.8) is 0 Å². The maximum Gasteiger partial charge on any atom is 0.226 e. The molecule has 0 aliphatic rings. The van der Waals surface area contributed by atoms with Crippen LogP contribution < -0.4 is 4.73 Å². The van der Waals surface area contributed by atoms with Gasteiger partial charge in [-0.3, -0.25) is 9.78 Å². The first-order valence-corrected chi connectivity index (χ1v) is 4.16. The fourth-order valence-corrected chi connectivity index (χ4v) is 1.30. The van der Waals surface area contributed by atoms with Crippen molar-refractivity contribution < 1.29 is 9.52 Å². The van der Waals surface area contributed by atoms with Gasteiger partial charge in [0.15, 0.2) is 12.0 Å². The summed E-state index contributed by atoms with van der Waals surface area (Å²) in [7, 11) is 0. The first-order chi connectivity index (χ1) is 6.68. The number of aromatic nitrogens is 2. The topological polar surface area (TPSA) is 56.9 Å². The molecule has 2 rings (SSSR count). The monoisotopic (exact) mass is 188 g/mol. The van der Waals surface area contributed by atoms with Crippen LogP contribution in [-0.2, 0) is 0 Å². The van der Waals surface area contributed by atoms with Gasteiger partial charge < -0.3 is 5.21 Å². The fraction of sp³-hybridized carbons (Fsp3) is 0.100. The Morgan fingerprint density at radius 2 is 2.36 bits per heavy atom. The highest BCUT2D eigenvalue weighted by Crippen LogP contribution is 2.09. The molecule has 0 atom stereocenters. The zero-order chi connectivity index (χ0) is 10.1. The predicted octanol–water partition coefficient (Wildman–Crippen LogP) is 1.07. The third-order valence-corrected chi connectivity index (χ3v) is 2.04. The van der Waals surface area contributed by atoms with Crippen molar-refractivity contribution in [2.45, 2.75) is 6.92 Å². The summed E-state index contributed by atoms with van der Waals surface area (Å²) in [6.45, 7) is 1.43. The molecule has 0 aliphatic heterocycles. The summed E-state index contributed by atoms with van der Waals surface area (Å²) in [6.07, 6.45) is 4.39. The Labute approximate surface area is 80.4 Å². The lowest BCUT2D eigenvalue weighted by Gasteiger charge is -2.02. The maximum absolute atomic E-state index is 11.4. The molecule has 70 valence electrons. The minimum absolute atomic E-state index is 0.125. The van der Waals surface area contributed by atoms with E-state index >= 15 is 0 Å². The molecule has 0 saturated heterocycles. The molecular formula is C10H8N2O2. The van der Waals surface area contributed by atoms with E-state index in [1.54, 1.807) is 24.5 Å². The summed E-state index contributed by atoms with van der Waals surface area (Å²) in [5, 5.41) is 12.1. The number of rotatable bonds is 1. The highest BCUT2D eigenvalue weighted by atomic mass is 16.5. The molecule has 0 radical (unpaired) electrons. The molecule has 0 saturated carbocycles. The summed E-state index contributed by atoms with van der Waals surface area (Å²) in [4.78, 5) is 15.0. The van der Waals surface area contributed by atoms with E-state index in [1.165, 1.54) is 13.1 Å². The van der Waals surface area contributed by atoms with Gasteiger partial charge in [0, 0.05) is 18.5 Å². The maximum atomic E-state index is 11.4. The number of fused-ring (bicyclic) bond motifs is 1. The zero-order valence-electron chi connectivity index (χ0n) is 7.60. The molecule has 0 aliphatic carbocycles. The molecular weight excluding hydrogens is 180 g/mol. The minimum Gasteiger partial charge on any atom is -0.618 e. The van der Waals surface area contributed by atoms with Crippen LogP contribution >= 0.6 is 0 Å². The van der Waals surface area contributed by atoms with Crippen LogP contribution in [0.25, 0.3) is 10.9 Å². The SMILES string of the molecule is CC(=O)c1cc2cnccc2[n+]([O-])c1. The Kier molecular flexibility index (Phi) is 1.89. The summed E-state index contributed by atoms with van der Waals surface area (Å²) < 4.78 is 0.688. The number of nitrogens with zero attached hydrogens (tertiary/aromatic N) is 2. The molecule has 2 aromatic rings. The Hall–Kier alpha value is -1.97. The molecule has 0 spiro atoms. The molecule has 0 bridgehead atoms. The van der Waals surface area contributed by atoms with E-state index in [4.69, 9.17) is 0 Å². The van der Waals surface area contributed by atoms with E-state index < -0.39 is 0 Å².